The summed E-state index contributed by atoms with van der Waals surface area (Å²) in [6.07, 6.45) is 5.76. The van der Waals surface area contributed by atoms with Gasteiger partial charge in [-0.3, -0.25) is 0 Å². The van der Waals surface area contributed by atoms with Gasteiger partial charge in [0.1, 0.15) is 0 Å². The van der Waals surface area contributed by atoms with Crippen LogP contribution in [0.4, 0.5) is 0 Å². The van der Waals surface area contributed by atoms with Crippen LogP contribution in [-0.4, -0.2) is 4.98 Å². The summed E-state index contributed by atoms with van der Waals surface area (Å²) in [6.45, 7) is 0. The number of hydrogen-bond acceptors (Lipinski definition) is 0. The molecule has 1 heteroatoms. The van der Waals surface area contributed by atoms with Crippen molar-refractivity contribution in [3.8, 4) is 34.6 Å². The van der Waals surface area contributed by atoms with Crippen molar-refractivity contribution in [1.82, 2.24) is 4.98 Å². The number of fused-ring (bicyclic) bond motifs is 3. The van der Waals surface area contributed by atoms with Crippen LogP contribution in [0.15, 0.2) is 91.0 Å². The Morgan fingerprint density at radius 3 is 2.26 bits per heavy atom. The van der Waals surface area contributed by atoms with Crippen LogP contribution in [-0.2, 0) is 0 Å². The number of H-pyrrole nitrogens is 1. The lowest BCUT2D eigenvalue weighted by Crippen LogP contribution is -1.87. The third kappa shape index (κ3) is 2.51. The Balaban J connectivity index is 1.77. The van der Waals surface area contributed by atoms with E-state index in [4.69, 9.17) is 6.42 Å². The Morgan fingerprint density at radius 1 is 0.630 bits per heavy atom. The normalized spacial score (nSPS) is 10.9. The molecule has 0 spiro atoms. The maximum atomic E-state index is 5.76. The lowest BCUT2D eigenvalue weighted by molar-refractivity contribution is 1.52. The predicted molar refractivity (Wildman–Crippen MR) is 115 cm³/mol. The first-order chi connectivity index (χ1) is 13.3. The third-order valence-electron chi connectivity index (χ3n) is 5.11. The van der Waals surface area contributed by atoms with Crippen molar-refractivity contribution in [1.29, 1.82) is 0 Å². The summed E-state index contributed by atoms with van der Waals surface area (Å²) in [4.78, 5) is 3.59. The summed E-state index contributed by atoms with van der Waals surface area (Å²) in [7, 11) is 0. The van der Waals surface area contributed by atoms with E-state index in [0.717, 1.165) is 33.3 Å². The van der Waals surface area contributed by atoms with E-state index >= 15 is 0 Å². The lowest BCUT2D eigenvalue weighted by Gasteiger charge is -2.10. The maximum absolute atomic E-state index is 5.76. The summed E-state index contributed by atoms with van der Waals surface area (Å²) in [5, 5.41) is 2.49. The van der Waals surface area contributed by atoms with Gasteiger partial charge in [-0.15, -0.1) is 6.42 Å². The first kappa shape index (κ1) is 15.5. The molecular weight excluding hydrogens is 326 g/mol. The summed E-state index contributed by atoms with van der Waals surface area (Å²) >= 11 is 0. The van der Waals surface area contributed by atoms with Gasteiger partial charge in [-0.25, -0.2) is 0 Å². The molecule has 1 N–H and O–H groups in total. The molecule has 0 saturated carbocycles. The van der Waals surface area contributed by atoms with Crippen molar-refractivity contribution in [2.75, 3.05) is 0 Å². The number of terminal acetylenes is 1. The van der Waals surface area contributed by atoms with Crippen LogP contribution in [0.25, 0.3) is 44.1 Å². The number of aromatic amines is 1. The fraction of sp³-hybridized carbons (Fsp3) is 0. The van der Waals surface area contributed by atoms with Crippen molar-refractivity contribution >= 4 is 21.8 Å². The third-order valence-corrected chi connectivity index (χ3v) is 5.11. The fourth-order valence-electron chi connectivity index (χ4n) is 3.81. The average molecular weight is 343 g/mol. The van der Waals surface area contributed by atoms with Crippen LogP contribution in [0.2, 0.25) is 0 Å². The minimum atomic E-state index is 0.911. The molecule has 0 atom stereocenters. The molecule has 0 aliphatic heterocycles. The van der Waals surface area contributed by atoms with Crippen LogP contribution in [0, 0.1) is 12.3 Å². The molecule has 5 aromatic rings. The monoisotopic (exact) mass is 343 g/mol. The lowest BCUT2D eigenvalue weighted by atomic mass is 9.94. The molecular formula is C26H17N. The minimum Gasteiger partial charge on any atom is -0.354 e. The molecule has 0 aliphatic carbocycles. The van der Waals surface area contributed by atoms with Gasteiger partial charge in [-0.2, -0.15) is 0 Å². The first-order valence-electron chi connectivity index (χ1n) is 9.01. The SMILES string of the molecule is C#Cc1ccc(-c2cccc3c2[nH]c2ccccc23)cc1-c1ccccc1. The second-order valence-corrected chi connectivity index (χ2v) is 6.67. The van der Waals surface area contributed by atoms with E-state index in [0.29, 0.717) is 0 Å². The zero-order valence-electron chi connectivity index (χ0n) is 14.7. The second kappa shape index (κ2) is 6.20. The van der Waals surface area contributed by atoms with Gasteiger partial charge < -0.3 is 4.98 Å². The van der Waals surface area contributed by atoms with E-state index in [-0.39, 0.29) is 0 Å². The van der Waals surface area contributed by atoms with E-state index in [1.165, 1.54) is 16.3 Å². The summed E-state index contributed by atoms with van der Waals surface area (Å²) in [6, 6.07) is 31.5. The molecule has 5 rings (SSSR count). The number of para-hydroxylation sites is 2. The summed E-state index contributed by atoms with van der Waals surface area (Å²) < 4.78 is 0. The quantitative estimate of drug-likeness (QED) is 0.346. The van der Waals surface area contributed by atoms with Crippen LogP contribution in [0.1, 0.15) is 5.56 Å². The Kier molecular flexibility index (Phi) is 3.56. The van der Waals surface area contributed by atoms with Gasteiger partial charge in [0.25, 0.3) is 0 Å². The van der Waals surface area contributed by atoms with Crippen molar-refractivity contribution in [2.45, 2.75) is 0 Å². The van der Waals surface area contributed by atoms with Gasteiger partial charge in [-0.05, 0) is 34.9 Å². The number of nitrogens with one attached hydrogen (secondary N) is 1. The predicted octanol–water partition coefficient (Wildman–Crippen LogP) is 6.64. The van der Waals surface area contributed by atoms with Crippen LogP contribution < -0.4 is 0 Å². The van der Waals surface area contributed by atoms with Gasteiger partial charge in [-0.1, -0.05) is 78.7 Å². The average Bonchev–Trinajstić information content (AvgIpc) is 3.13. The molecule has 4 aromatic carbocycles. The van der Waals surface area contributed by atoms with Crippen LogP contribution in [0.3, 0.4) is 0 Å². The zero-order chi connectivity index (χ0) is 18.2. The van der Waals surface area contributed by atoms with Gasteiger partial charge in [0.15, 0.2) is 0 Å². The maximum Gasteiger partial charge on any atom is 0.0544 e. The number of rotatable bonds is 2. The Labute approximate surface area is 158 Å². The van der Waals surface area contributed by atoms with Crippen molar-refractivity contribution in [3.05, 3.63) is 96.6 Å². The van der Waals surface area contributed by atoms with Crippen molar-refractivity contribution in [2.24, 2.45) is 0 Å². The van der Waals surface area contributed by atoms with Gasteiger partial charge >= 0.3 is 0 Å². The highest BCUT2D eigenvalue weighted by Crippen LogP contribution is 2.35. The molecule has 0 radical (unpaired) electrons. The van der Waals surface area contributed by atoms with E-state index < -0.39 is 0 Å². The van der Waals surface area contributed by atoms with E-state index in [1.807, 2.05) is 24.3 Å². The summed E-state index contributed by atoms with van der Waals surface area (Å²) in [5.41, 5.74) is 7.79. The largest absolute Gasteiger partial charge is 0.354 e. The van der Waals surface area contributed by atoms with Crippen molar-refractivity contribution in [3.63, 3.8) is 0 Å². The number of benzene rings is 4. The van der Waals surface area contributed by atoms with E-state index in [2.05, 4.69) is 77.6 Å². The Bertz CT molecular complexity index is 1320. The van der Waals surface area contributed by atoms with Gasteiger partial charge in [0.05, 0.1) is 5.52 Å². The highest BCUT2D eigenvalue weighted by atomic mass is 14.7. The Hall–Kier alpha value is -3.76. The molecule has 0 unspecified atom stereocenters. The second-order valence-electron chi connectivity index (χ2n) is 6.67. The first-order valence-corrected chi connectivity index (χ1v) is 9.01. The molecule has 0 fully saturated rings. The summed E-state index contributed by atoms with van der Waals surface area (Å²) in [5.74, 6) is 2.82. The molecule has 27 heavy (non-hydrogen) atoms. The highest BCUT2D eigenvalue weighted by Gasteiger charge is 2.11. The molecule has 0 amide bonds. The van der Waals surface area contributed by atoms with Crippen LogP contribution in [0.5, 0.6) is 0 Å². The minimum absolute atomic E-state index is 0.911. The standard InChI is InChI=1S/C26H17N/c1-2-18-15-16-20(17-24(18)19-9-4-3-5-10-19)21-12-8-13-23-22-11-6-7-14-25(22)27-26(21)23/h1,3-17,27H. The molecule has 0 saturated heterocycles. The van der Waals surface area contributed by atoms with Crippen molar-refractivity contribution < 1.29 is 0 Å². The topological polar surface area (TPSA) is 15.8 Å². The van der Waals surface area contributed by atoms with Gasteiger partial charge in [0.2, 0.25) is 0 Å². The smallest absolute Gasteiger partial charge is 0.0544 e. The molecule has 0 bridgehead atoms. The number of aromatic nitrogens is 1. The molecule has 0 aliphatic rings. The molecule has 1 nitrogen and oxygen atoms in total. The Morgan fingerprint density at radius 2 is 1.41 bits per heavy atom. The van der Waals surface area contributed by atoms with E-state index in [9.17, 15) is 0 Å². The molecule has 1 heterocycles. The van der Waals surface area contributed by atoms with E-state index in [1.54, 1.807) is 0 Å². The highest BCUT2D eigenvalue weighted by molar-refractivity contribution is 6.11. The number of hydrogen-bond donors (Lipinski definition) is 1. The van der Waals surface area contributed by atoms with Gasteiger partial charge in [0, 0.05) is 27.4 Å². The molecule has 1 aromatic heterocycles. The zero-order valence-corrected chi connectivity index (χ0v) is 14.7. The van der Waals surface area contributed by atoms with Crippen LogP contribution >= 0.6 is 0 Å². The molecule has 126 valence electrons. The fourth-order valence-corrected chi connectivity index (χ4v) is 3.81.